The van der Waals surface area contributed by atoms with E-state index in [1.807, 2.05) is 5.38 Å². The van der Waals surface area contributed by atoms with Gasteiger partial charge in [-0.3, -0.25) is 4.79 Å². The molecule has 0 radical (unpaired) electrons. The van der Waals surface area contributed by atoms with Gasteiger partial charge in [0.2, 0.25) is 0 Å². The third-order valence-corrected chi connectivity index (χ3v) is 3.84. The molecule has 0 fully saturated rings. The van der Waals surface area contributed by atoms with E-state index in [0.29, 0.717) is 11.3 Å². The lowest BCUT2D eigenvalue weighted by Crippen LogP contribution is -2.38. The summed E-state index contributed by atoms with van der Waals surface area (Å²) in [5, 5.41) is 16.5. The van der Waals surface area contributed by atoms with Crippen molar-refractivity contribution in [3.63, 3.8) is 0 Å². The number of hydrogen-bond acceptors (Lipinski definition) is 4. The fourth-order valence-electron chi connectivity index (χ4n) is 1.83. The van der Waals surface area contributed by atoms with Gasteiger partial charge in [-0.2, -0.15) is 11.3 Å². The Bertz CT molecular complexity index is 626. The molecule has 0 bridgehead atoms. The van der Waals surface area contributed by atoms with Crippen molar-refractivity contribution in [3.05, 3.63) is 52.0 Å². The van der Waals surface area contributed by atoms with Gasteiger partial charge in [0.1, 0.15) is 17.2 Å². The Morgan fingerprint density at radius 2 is 2.24 bits per heavy atom. The zero-order chi connectivity index (χ0) is 15.5. The normalized spacial score (nSPS) is 13.5. The minimum Gasteiger partial charge on any atom is -0.497 e. The predicted molar refractivity (Wildman–Crippen MR) is 79.2 cm³/mol. The third kappa shape index (κ3) is 3.59. The van der Waals surface area contributed by atoms with Crippen LogP contribution in [-0.2, 0) is 5.60 Å². The molecular formula is C15H16FNO3S. The van der Waals surface area contributed by atoms with Crippen molar-refractivity contribution in [2.45, 2.75) is 12.5 Å². The molecule has 2 N–H and O–H groups in total. The molecule has 0 aliphatic rings. The summed E-state index contributed by atoms with van der Waals surface area (Å²) in [6.07, 6.45) is 0. The molecule has 1 unspecified atom stereocenters. The maximum Gasteiger partial charge on any atom is 0.254 e. The van der Waals surface area contributed by atoms with E-state index in [-0.39, 0.29) is 12.1 Å². The summed E-state index contributed by atoms with van der Waals surface area (Å²) in [5.41, 5.74) is -0.571. The quantitative estimate of drug-likeness (QED) is 0.892. The topological polar surface area (TPSA) is 58.6 Å². The summed E-state index contributed by atoms with van der Waals surface area (Å²) in [6.45, 7) is 1.59. The number of carbonyl (C=O) groups excluding carboxylic acids is 1. The zero-order valence-corrected chi connectivity index (χ0v) is 12.5. The summed E-state index contributed by atoms with van der Waals surface area (Å²) in [7, 11) is 1.42. The summed E-state index contributed by atoms with van der Waals surface area (Å²) >= 11 is 1.46. The highest BCUT2D eigenvalue weighted by Crippen LogP contribution is 2.22. The Labute approximate surface area is 126 Å². The van der Waals surface area contributed by atoms with E-state index in [2.05, 4.69) is 5.32 Å². The first kappa shape index (κ1) is 15.5. The minimum absolute atomic E-state index is 0.00592. The number of carbonyl (C=O) groups is 1. The lowest BCUT2D eigenvalue weighted by Gasteiger charge is -2.22. The Morgan fingerprint density at radius 1 is 1.48 bits per heavy atom. The fraction of sp³-hybridized carbons (Fsp3) is 0.267. The number of ether oxygens (including phenoxy) is 1. The van der Waals surface area contributed by atoms with Crippen LogP contribution in [0.25, 0.3) is 0 Å². The Balaban J connectivity index is 2.05. The molecule has 21 heavy (non-hydrogen) atoms. The number of methoxy groups -OCH3 is 1. The SMILES string of the molecule is COc1ccc(C(=O)NCC(C)(O)c2ccsc2)c(F)c1. The van der Waals surface area contributed by atoms with Gasteiger partial charge in [0.15, 0.2) is 0 Å². The third-order valence-electron chi connectivity index (χ3n) is 3.16. The number of benzene rings is 1. The Kier molecular flexibility index (Phi) is 4.59. The first-order chi connectivity index (χ1) is 9.94. The van der Waals surface area contributed by atoms with Crippen LogP contribution in [0.15, 0.2) is 35.0 Å². The minimum atomic E-state index is -1.20. The van der Waals surface area contributed by atoms with Gasteiger partial charge in [0.05, 0.1) is 19.2 Å². The second kappa shape index (κ2) is 6.24. The summed E-state index contributed by atoms with van der Waals surface area (Å²) in [4.78, 5) is 12.0. The number of nitrogens with one attached hydrogen (secondary N) is 1. The van der Waals surface area contributed by atoms with Crippen molar-refractivity contribution < 1.29 is 19.0 Å². The second-order valence-corrected chi connectivity index (χ2v) is 5.59. The predicted octanol–water partition coefficient (Wildman–Crippen LogP) is 2.53. The van der Waals surface area contributed by atoms with Crippen molar-refractivity contribution in [1.29, 1.82) is 0 Å². The van der Waals surface area contributed by atoms with Crippen LogP contribution >= 0.6 is 11.3 Å². The molecule has 112 valence electrons. The van der Waals surface area contributed by atoms with Crippen LogP contribution in [0.5, 0.6) is 5.75 Å². The number of halogens is 1. The van der Waals surface area contributed by atoms with Crippen LogP contribution in [0.3, 0.4) is 0 Å². The van der Waals surface area contributed by atoms with Gasteiger partial charge in [-0.25, -0.2) is 4.39 Å². The summed E-state index contributed by atoms with van der Waals surface area (Å²) in [5.74, 6) is -0.901. The van der Waals surface area contributed by atoms with E-state index >= 15 is 0 Å². The molecule has 1 aromatic heterocycles. The monoisotopic (exact) mass is 309 g/mol. The highest BCUT2D eigenvalue weighted by Gasteiger charge is 2.25. The fourth-order valence-corrected chi connectivity index (χ4v) is 2.61. The standard InChI is InChI=1S/C15H16FNO3S/c1-15(19,10-5-6-21-8-10)9-17-14(18)12-4-3-11(20-2)7-13(12)16/h3-8,19H,9H2,1-2H3,(H,17,18). The molecule has 1 atom stereocenters. The Hall–Kier alpha value is -1.92. The van der Waals surface area contributed by atoms with Crippen molar-refractivity contribution in [2.75, 3.05) is 13.7 Å². The van der Waals surface area contributed by atoms with Crippen molar-refractivity contribution >= 4 is 17.2 Å². The Morgan fingerprint density at radius 3 is 2.81 bits per heavy atom. The van der Waals surface area contributed by atoms with Crippen LogP contribution in [0.4, 0.5) is 4.39 Å². The molecule has 0 saturated carbocycles. The van der Waals surface area contributed by atoms with E-state index < -0.39 is 17.3 Å². The largest absolute Gasteiger partial charge is 0.497 e. The molecule has 0 saturated heterocycles. The molecule has 1 amide bonds. The van der Waals surface area contributed by atoms with Crippen molar-refractivity contribution in [3.8, 4) is 5.75 Å². The first-order valence-corrected chi connectivity index (χ1v) is 7.25. The van der Waals surface area contributed by atoms with E-state index in [9.17, 15) is 14.3 Å². The van der Waals surface area contributed by atoms with Gasteiger partial charge in [0, 0.05) is 6.07 Å². The maximum atomic E-state index is 13.8. The van der Waals surface area contributed by atoms with Gasteiger partial charge in [0.25, 0.3) is 5.91 Å². The average molecular weight is 309 g/mol. The number of hydrogen-bond donors (Lipinski definition) is 2. The van der Waals surface area contributed by atoms with E-state index in [1.54, 1.807) is 18.4 Å². The van der Waals surface area contributed by atoms with Crippen LogP contribution < -0.4 is 10.1 Å². The molecule has 1 heterocycles. The molecule has 4 nitrogen and oxygen atoms in total. The number of thiophene rings is 1. The van der Waals surface area contributed by atoms with E-state index in [1.165, 1.54) is 30.6 Å². The zero-order valence-electron chi connectivity index (χ0n) is 11.7. The van der Waals surface area contributed by atoms with E-state index in [0.717, 1.165) is 6.07 Å². The van der Waals surface area contributed by atoms with Crippen LogP contribution in [0, 0.1) is 5.82 Å². The highest BCUT2D eigenvalue weighted by molar-refractivity contribution is 7.08. The number of amides is 1. The molecule has 6 heteroatoms. The smallest absolute Gasteiger partial charge is 0.254 e. The van der Waals surface area contributed by atoms with Gasteiger partial charge in [-0.1, -0.05) is 0 Å². The molecular weight excluding hydrogens is 293 g/mol. The number of aliphatic hydroxyl groups is 1. The molecule has 0 aliphatic carbocycles. The summed E-state index contributed by atoms with van der Waals surface area (Å²) < 4.78 is 18.7. The van der Waals surface area contributed by atoms with Gasteiger partial charge in [-0.15, -0.1) is 0 Å². The molecule has 2 rings (SSSR count). The molecule has 0 spiro atoms. The van der Waals surface area contributed by atoms with Crippen LogP contribution in [0.1, 0.15) is 22.8 Å². The van der Waals surface area contributed by atoms with Crippen LogP contribution in [-0.4, -0.2) is 24.7 Å². The lowest BCUT2D eigenvalue weighted by atomic mass is 9.99. The van der Waals surface area contributed by atoms with Gasteiger partial charge < -0.3 is 15.2 Å². The van der Waals surface area contributed by atoms with Crippen molar-refractivity contribution in [2.24, 2.45) is 0 Å². The first-order valence-electron chi connectivity index (χ1n) is 6.31. The summed E-state index contributed by atoms with van der Waals surface area (Å²) in [6, 6.07) is 5.79. The van der Waals surface area contributed by atoms with Gasteiger partial charge >= 0.3 is 0 Å². The van der Waals surface area contributed by atoms with E-state index in [4.69, 9.17) is 4.74 Å². The van der Waals surface area contributed by atoms with Gasteiger partial charge in [-0.05, 0) is 41.4 Å². The highest BCUT2D eigenvalue weighted by atomic mass is 32.1. The molecule has 0 aliphatic heterocycles. The molecule has 1 aromatic carbocycles. The lowest BCUT2D eigenvalue weighted by molar-refractivity contribution is 0.0529. The maximum absolute atomic E-state index is 13.8. The van der Waals surface area contributed by atoms with Crippen molar-refractivity contribution in [1.82, 2.24) is 5.32 Å². The van der Waals surface area contributed by atoms with Crippen LogP contribution in [0.2, 0.25) is 0 Å². The average Bonchev–Trinajstić information content (AvgIpc) is 2.99. The second-order valence-electron chi connectivity index (χ2n) is 4.81. The molecule has 2 aromatic rings. The number of rotatable bonds is 5.